The number of carbonyl (C=O) groups excluding carboxylic acids is 1. The minimum absolute atomic E-state index is 0.183. The molecule has 2 heterocycles. The number of thiazole rings is 1. The molecule has 1 atom stereocenters. The van der Waals surface area contributed by atoms with E-state index < -0.39 is 0 Å². The summed E-state index contributed by atoms with van der Waals surface area (Å²) in [4.78, 5) is 16.5. The fourth-order valence-electron chi connectivity index (χ4n) is 1.86. The number of anilines is 1. The zero-order valence-electron chi connectivity index (χ0n) is 12.6. The summed E-state index contributed by atoms with van der Waals surface area (Å²) in [6.45, 7) is 7.13. The van der Waals surface area contributed by atoms with Crippen LogP contribution < -0.4 is 10.6 Å². The Balaban J connectivity index is 1.97. The summed E-state index contributed by atoms with van der Waals surface area (Å²) in [6.07, 6.45) is 1.85. The van der Waals surface area contributed by atoms with Crippen LogP contribution in [0.4, 0.5) is 5.13 Å². The minimum Gasteiger partial charge on any atom is -0.456 e. The van der Waals surface area contributed by atoms with Crippen LogP contribution in [0.3, 0.4) is 0 Å². The van der Waals surface area contributed by atoms with Crippen molar-refractivity contribution in [2.45, 2.75) is 39.7 Å². The molecule has 21 heavy (non-hydrogen) atoms. The maximum atomic E-state index is 12.0. The molecule has 0 spiro atoms. The van der Waals surface area contributed by atoms with Crippen molar-refractivity contribution in [3.05, 3.63) is 34.7 Å². The van der Waals surface area contributed by atoms with Crippen molar-refractivity contribution in [1.29, 1.82) is 0 Å². The highest BCUT2D eigenvalue weighted by Crippen LogP contribution is 2.21. The summed E-state index contributed by atoms with van der Waals surface area (Å²) in [6, 6.07) is 3.69. The van der Waals surface area contributed by atoms with Gasteiger partial charge < -0.3 is 9.73 Å². The number of aryl methyl sites for hydroxylation is 1. The maximum Gasteiger partial charge on any atom is 0.293 e. The van der Waals surface area contributed by atoms with Gasteiger partial charge in [0.1, 0.15) is 5.76 Å². The number of rotatable bonds is 7. The van der Waals surface area contributed by atoms with Gasteiger partial charge in [-0.1, -0.05) is 13.8 Å². The fourth-order valence-corrected chi connectivity index (χ4v) is 2.66. The molecule has 2 rings (SSSR count). The first kappa shape index (κ1) is 15.7. The van der Waals surface area contributed by atoms with Crippen LogP contribution in [0, 0.1) is 0 Å². The Morgan fingerprint density at radius 2 is 2.24 bits per heavy atom. The lowest BCUT2D eigenvalue weighted by molar-refractivity contribution is 0.0995. The molecular weight excluding hydrogens is 286 g/mol. The first-order chi connectivity index (χ1) is 10.1. The van der Waals surface area contributed by atoms with Crippen LogP contribution in [0.15, 0.2) is 21.9 Å². The molecule has 2 N–H and O–H groups in total. The van der Waals surface area contributed by atoms with Crippen molar-refractivity contribution < 1.29 is 9.21 Å². The fraction of sp³-hybridized carbons (Fsp3) is 0.467. The molecule has 0 saturated heterocycles. The second kappa shape index (κ2) is 7.38. The van der Waals surface area contributed by atoms with Crippen molar-refractivity contribution in [2.75, 3.05) is 11.9 Å². The molecule has 1 amide bonds. The Morgan fingerprint density at radius 1 is 1.43 bits per heavy atom. The number of aromatic nitrogens is 1. The molecule has 0 radical (unpaired) electrons. The minimum atomic E-state index is -0.259. The van der Waals surface area contributed by atoms with Crippen molar-refractivity contribution in [3.63, 3.8) is 0 Å². The third-order valence-corrected chi connectivity index (χ3v) is 3.90. The van der Waals surface area contributed by atoms with Gasteiger partial charge in [0.05, 0.1) is 5.69 Å². The van der Waals surface area contributed by atoms with Gasteiger partial charge in [0, 0.05) is 17.8 Å². The van der Waals surface area contributed by atoms with E-state index in [0.717, 1.165) is 30.8 Å². The topological polar surface area (TPSA) is 67.2 Å². The smallest absolute Gasteiger partial charge is 0.293 e. The SMILES string of the molecule is CCCNC(C)c1csc(NC(=O)c2ccc(CC)o2)n1. The lowest BCUT2D eigenvalue weighted by atomic mass is 10.2. The summed E-state index contributed by atoms with van der Waals surface area (Å²) in [5.74, 6) is 0.864. The van der Waals surface area contributed by atoms with Crippen molar-refractivity contribution in [2.24, 2.45) is 0 Å². The molecule has 0 aliphatic carbocycles. The van der Waals surface area contributed by atoms with Crippen molar-refractivity contribution in [3.8, 4) is 0 Å². The Morgan fingerprint density at radius 3 is 2.90 bits per heavy atom. The van der Waals surface area contributed by atoms with Crippen LogP contribution >= 0.6 is 11.3 Å². The lowest BCUT2D eigenvalue weighted by Crippen LogP contribution is -2.19. The zero-order chi connectivity index (χ0) is 15.2. The van der Waals surface area contributed by atoms with E-state index in [2.05, 4.69) is 29.5 Å². The standard InChI is InChI=1S/C15H21N3O2S/c1-4-8-16-10(3)12-9-21-15(17-12)18-14(19)13-7-6-11(5-2)20-13/h6-7,9-10,16H,4-5,8H2,1-3H3,(H,17,18,19). The van der Waals surface area contributed by atoms with Crippen LogP contribution in [0.1, 0.15) is 55.2 Å². The van der Waals surface area contributed by atoms with Crippen molar-refractivity contribution >= 4 is 22.4 Å². The Hall–Kier alpha value is -1.66. The largest absolute Gasteiger partial charge is 0.456 e. The molecule has 0 aromatic carbocycles. The third kappa shape index (κ3) is 4.15. The second-order valence-electron chi connectivity index (χ2n) is 4.83. The van der Waals surface area contributed by atoms with Crippen LogP contribution in [0.5, 0.6) is 0 Å². The molecule has 1 unspecified atom stereocenters. The van der Waals surface area contributed by atoms with Gasteiger partial charge >= 0.3 is 0 Å². The number of nitrogens with one attached hydrogen (secondary N) is 2. The van der Waals surface area contributed by atoms with E-state index in [1.807, 2.05) is 18.4 Å². The van der Waals surface area contributed by atoms with E-state index in [1.165, 1.54) is 11.3 Å². The zero-order valence-corrected chi connectivity index (χ0v) is 13.4. The highest BCUT2D eigenvalue weighted by molar-refractivity contribution is 7.14. The Bertz CT molecular complexity index is 591. The van der Waals surface area contributed by atoms with Gasteiger partial charge in [-0.25, -0.2) is 4.98 Å². The average molecular weight is 307 g/mol. The quantitative estimate of drug-likeness (QED) is 0.820. The summed E-state index contributed by atoms with van der Waals surface area (Å²) < 4.78 is 5.43. The van der Waals surface area contributed by atoms with E-state index in [0.29, 0.717) is 10.9 Å². The number of carbonyl (C=O) groups is 1. The predicted octanol–water partition coefficient (Wildman–Crippen LogP) is 3.61. The highest BCUT2D eigenvalue weighted by atomic mass is 32.1. The van der Waals surface area contributed by atoms with E-state index in [4.69, 9.17) is 4.42 Å². The van der Waals surface area contributed by atoms with Crippen LogP contribution in [0.25, 0.3) is 0 Å². The molecule has 0 fully saturated rings. The van der Waals surface area contributed by atoms with Gasteiger partial charge in [-0.3, -0.25) is 10.1 Å². The molecule has 0 aliphatic heterocycles. The predicted molar refractivity (Wildman–Crippen MR) is 84.9 cm³/mol. The van der Waals surface area contributed by atoms with Crippen LogP contribution in [-0.2, 0) is 6.42 Å². The molecule has 2 aromatic rings. The summed E-state index contributed by atoms with van der Waals surface area (Å²) in [5.41, 5.74) is 0.942. The van der Waals surface area contributed by atoms with Gasteiger partial charge in [0.15, 0.2) is 10.9 Å². The van der Waals surface area contributed by atoms with E-state index in [-0.39, 0.29) is 11.9 Å². The van der Waals surface area contributed by atoms with Crippen LogP contribution in [-0.4, -0.2) is 17.4 Å². The van der Waals surface area contributed by atoms with Gasteiger partial charge in [-0.15, -0.1) is 11.3 Å². The monoisotopic (exact) mass is 307 g/mol. The molecule has 0 bridgehead atoms. The van der Waals surface area contributed by atoms with Gasteiger partial charge in [-0.2, -0.15) is 0 Å². The highest BCUT2D eigenvalue weighted by Gasteiger charge is 2.14. The molecule has 6 heteroatoms. The summed E-state index contributed by atoms with van der Waals surface area (Å²) in [5, 5.41) is 8.70. The first-order valence-electron chi connectivity index (χ1n) is 7.22. The van der Waals surface area contributed by atoms with Crippen molar-refractivity contribution in [1.82, 2.24) is 10.3 Å². The summed E-state index contributed by atoms with van der Waals surface area (Å²) in [7, 11) is 0. The van der Waals surface area contributed by atoms with Gasteiger partial charge in [0.25, 0.3) is 5.91 Å². The maximum absolute atomic E-state index is 12.0. The molecule has 0 aliphatic rings. The number of nitrogens with zero attached hydrogens (tertiary/aromatic N) is 1. The molecule has 2 aromatic heterocycles. The second-order valence-corrected chi connectivity index (χ2v) is 5.69. The normalized spacial score (nSPS) is 12.3. The van der Waals surface area contributed by atoms with Gasteiger partial charge in [0.2, 0.25) is 0 Å². The van der Waals surface area contributed by atoms with Crippen LogP contribution in [0.2, 0.25) is 0 Å². The van der Waals surface area contributed by atoms with E-state index in [1.54, 1.807) is 6.07 Å². The summed E-state index contributed by atoms with van der Waals surface area (Å²) >= 11 is 1.42. The van der Waals surface area contributed by atoms with E-state index >= 15 is 0 Å². The molecule has 0 saturated carbocycles. The molecule has 114 valence electrons. The van der Waals surface area contributed by atoms with E-state index in [9.17, 15) is 4.79 Å². The number of hydrogen-bond acceptors (Lipinski definition) is 5. The number of hydrogen-bond donors (Lipinski definition) is 2. The number of amides is 1. The average Bonchev–Trinajstić information content (AvgIpc) is 3.13. The third-order valence-electron chi connectivity index (χ3n) is 3.12. The Labute approximate surface area is 128 Å². The molecular formula is C15H21N3O2S. The molecule has 5 nitrogen and oxygen atoms in total. The lowest BCUT2D eigenvalue weighted by Gasteiger charge is -2.09. The first-order valence-corrected chi connectivity index (χ1v) is 8.10. The Kier molecular flexibility index (Phi) is 5.52. The number of furan rings is 1. The van der Waals surface area contributed by atoms with Gasteiger partial charge in [-0.05, 0) is 32.0 Å².